The predicted molar refractivity (Wildman–Crippen MR) is 80.6 cm³/mol. The van der Waals surface area contributed by atoms with Gasteiger partial charge in [0, 0.05) is 12.6 Å². The highest BCUT2D eigenvalue weighted by Gasteiger charge is 2.29. The van der Waals surface area contributed by atoms with Crippen LogP contribution < -0.4 is 5.32 Å². The summed E-state index contributed by atoms with van der Waals surface area (Å²) in [5, 5.41) is 3.56. The molecular weight excluding hydrogens is 234 g/mol. The van der Waals surface area contributed by atoms with Gasteiger partial charge in [-0.1, -0.05) is 35.9 Å². The smallest absolute Gasteiger partial charge is 0.0591 e. The fourth-order valence-electron chi connectivity index (χ4n) is 2.50. The predicted octanol–water partition coefficient (Wildman–Crippen LogP) is 3.42. The first-order chi connectivity index (χ1) is 9.29. The maximum absolute atomic E-state index is 5.48. The Labute approximate surface area is 116 Å². The van der Waals surface area contributed by atoms with Crippen molar-refractivity contribution in [1.82, 2.24) is 5.32 Å². The van der Waals surface area contributed by atoms with Crippen molar-refractivity contribution in [2.75, 3.05) is 19.8 Å². The van der Waals surface area contributed by atoms with E-state index in [4.69, 9.17) is 4.74 Å². The van der Waals surface area contributed by atoms with Crippen LogP contribution in [0.2, 0.25) is 0 Å². The summed E-state index contributed by atoms with van der Waals surface area (Å²) in [5.74, 6) is 0.750. The lowest BCUT2D eigenvalue weighted by Crippen LogP contribution is -2.41. The summed E-state index contributed by atoms with van der Waals surface area (Å²) in [4.78, 5) is 0. The van der Waals surface area contributed by atoms with Crippen molar-refractivity contribution in [1.29, 1.82) is 0 Å². The molecular formula is C17H25NO. The molecule has 1 aromatic carbocycles. The van der Waals surface area contributed by atoms with E-state index >= 15 is 0 Å². The first-order valence-corrected chi connectivity index (χ1v) is 7.28. The second kappa shape index (κ2) is 7.46. The number of benzene rings is 1. The molecule has 0 unspecified atom stereocenters. The maximum Gasteiger partial charge on any atom is 0.0591 e. The van der Waals surface area contributed by atoms with Crippen LogP contribution in [0.3, 0.4) is 0 Å². The normalized spacial score (nSPS) is 21.9. The largest absolute Gasteiger partial charge is 0.380 e. The minimum Gasteiger partial charge on any atom is -0.380 e. The minimum atomic E-state index is 0.675. The Kier molecular flexibility index (Phi) is 5.62. The average Bonchev–Trinajstić information content (AvgIpc) is 2.37. The van der Waals surface area contributed by atoms with Gasteiger partial charge in [0.1, 0.15) is 0 Å². The highest BCUT2D eigenvalue weighted by molar-refractivity contribution is 5.26. The van der Waals surface area contributed by atoms with Gasteiger partial charge < -0.3 is 10.1 Å². The van der Waals surface area contributed by atoms with Gasteiger partial charge in [0.05, 0.1) is 13.2 Å². The lowest BCUT2D eigenvalue weighted by atomic mass is 9.76. The van der Waals surface area contributed by atoms with Crippen LogP contribution in [0.25, 0.3) is 0 Å². The molecule has 0 spiro atoms. The minimum absolute atomic E-state index is 0.675. The van der Waals surface area contributed by atoms with Crippen molar-refractivity contribution in [3.63, 3.8) is 0 Å². The molecule has 2 nitrogen and oxygen atoms in total. The van der Waals surface area contributed by atoms with Crippen LogP contribution in [-0.2, 0) is 4.74 Å². The third-order valence-corrected chi connectivity index (χ3v) is 3.83. The van der Waals surface area contributed by atoms with E-state index < -0.39 is 0 Å². The summed E-state index contributed by atoms with van der Waals surface area (Å²) in [6, 6.07) is 9.64. The van der Waals surface area contributed by atoms with Gasteiger partial charge in [-0.3, -0.25) is 0 Å². The molecule has 0 bridgehead atoms. The molecule has 0 saturated heterocycles. The first kappa shape index (κ1) is 14.3. The monoisotopic (exact) mass is 259 g/mol. The van der Waals surface area contributed by atoms with Crippen LogP contribution in [0.4, 0.5) is 0 Å². The highest BCUT2D eigenvalue weighted by atomic mass is 16.5. The Morgan fingerprint density at radius 2 is 2.00 bits per heavy atom. The van der Waals surface area contributed by atoms with Crippen LogP contribution in [0.1, 0.15) is 36.3 Å². The molecule has 1 aliphatic rings. The van der Waals surface area contributed by atoms with Crippen molar-refractivity contribution in [2.24, 2.45) is 0 Å². The molecule has 1 aliphatic carbocycles. The first-order valence-electron chi connectivity index (χ1n) is 7.28. The second-order valence-electron chi connectivity index (χ2n) is 5.42. The van der Waals surface area contributed by atoms with Crippen LogP contribution >= 0.6 is 0 Å². The van der Waals surface area contributed by atoms with Gasteiger partial charge in [-0.25, -0.2) is 0 Å². The van der Waals surface area contributed by atoms with Crippen molar-refractivity contribution in [2.45, 2.75) is 38.1 Å². The van der Waals surface area contributed by atoms with Crippen molar-refractivity contribution >= 4 is 0 Å². The quantitative estimate of drug-likeness (QED) is 0.570. The van der Waals surface area contributed by atoms with E-state index in [0.29, 0.717) is 6.04 Å². The maximum atomic E-state index is 5.48. The molecule has 104 valence electrons. The summed E-state index contributed by atoms with van der Waals surface area (Å²) in [6.07, 6.45) is 5.36. The van der Waals surface area contributed by atoms with Crippen molar-refractivity contribution < 1.29 is 4.74 Å². The highest BCUT2D eigenvalue weighted by Crippen LogP contribution is 2.36. The van der Waals surface area contributed by atoms with Gasteiger partial charge in [-0.15, -0.1) is 6.58 Å². The molecule has 2 heteroatoms. The van der Waals surface area contributed by atoms with Gasteiger partial charge in [0.25, 0.3) is 0 Å². The molecule has 0 amide bonds. The number of nitrogens with one attached hydrogen (secondary N) is 1. The van der Waals surface area contributed by atoms with Gasteiger partial charge >= 0.3 is 0 Å². The molecule has 1 aromatic rings. The number of aryl methyl sites for hydroxylation is 1. The molecule has 1 N–H and O–H groups in total. The molecule has 0 aromatic heterocycles. The van der Waals surface area contributed by atoms with Gasteiger partial charge in [-0.05, 0) is 37.7 Å². The Morgan fingerprint density at radius 1 is 1.26 bits per heavy atom. The molecule has 0 radical (unpaired) electrons. The van der Waals surface area contributed by atoms with E-state index in [2.05, 4.69) is 43.1 Å². The average molecular weight is 259 g/mol. The molecule has 2 rings (SSSR count). The lowest BCUT2D eigenvalue weighted by Gasteiger charge is -2.36. The zero-order valence-electron chi connectivity index (χ0n) is 11.9. The molecule has 0 atom stereocenters. The molecule has 0 aliphatic heterocycles. The topological polar surface area (TPSA) is 21.3 Å². The number of ether oxygens (including phenoxy) is 1. The molecule has 19 heavy (non-hydrogen) atoms. The molecule has 0 heterocycles. The van der Waals surface area contributed by atoms with Crippen LogP contribution in [-0.4, -0.2) is 25.8 Å². The Balaban J connectivity index is 1.56. The lowest BCUT2D eigenvalue weighted by molar-refractivity contribution is 0.133. The molecule has 1 fully saturated rings. The van der Waals surface area contributed by atoms with Gasteiger partial charge in [0.15, 0.2) is 0 Å². The fourth-order valence-corrected chi connectivity index (χ4v) is 2.50. The van der Waals surface area contributed by atoms with Crippen LogP contribution in [0.15, 0.2) is 36.9 Å². The van der Waals surface area contributed by atoms with Crippen molar-refractivity contribution in [3.8, 4) is 0 Å². The number of rotatable bonds is 8. The van der Waals surface area contributed by atoms with Crippen LogP contribution in [0, 0.1) is 6.92 Å². The van der Waals surface area contributed by atoms with Crippen LogP contribution in [0.5, 0.6) is 0 Å². The zero-order valence-corrected chi connectivity index (χ0v) is 11.9. The van der Waals surface area contributed by atoms with E-state index in [0.717, 1.165) is 32.1 Å². The Bertz CT molecular complexity index is 379. The van der Waals surface area contributed by atoms with Crippen molar-refractivity contribution in [3.05, 3.63) is 48.0 Å². The zero-order chi connectivity index (χ0) is 13.5. The SMILES string of the molecule is C=CCCOCCNC1CC(c2ccc(C)cc2)C1. The fraction of sp³-hybridized carbons (Fsp3) is 0.529. The van der Waals surface area contributed by atoms with E-state index in [-0.39, 0.29) is 0 Å². The molecule has 1 saturated carbocycles. The van der Waals surface area contributed by atoms with Gasteiger partial charge in [0.2, 0.25) is 0 Å². The van der Waals surface area contributed by atoms with E-state index in [1.165, 1.54) is 24.0 Å². The van der Waals surface area contributed by atoms with Gasteiger partial charge in [-0.2, -0.15) is 0 Å². The summed E-state index contributed by atoms with van der Waals surface area (Å²) < 4.78 is 5.48. The second-order valence-corrected chi connectivity index (χ2v) is 5.42. The van der Waals surface area contributed by atoms with E-state index in [9.17, 15) is 0 Å². The Hall–Kier alpha value is -1.12. The summed E-state index contributed by atoms with van der Waals surface area (Å²) in [6.45, 7) is 8.38. The van der Waals surface area contributed by atoms with E-state index in [1.54, 1.807) is 0 Å². The summed E-state index contributed by atoms with van der Waals surface area (Å²) in [5.41, 5.74) is 2.83. The number of hydrogen-bond donors (Lipinski definition) is 1. The number of hydrogen-bond acceptors (Lipinski definition) is 2. The Morgan fingerprint density at radius 3 is 2.68 bits per heavy atom. The summed E-state index contributed by atoms with van der Waals surface area (Å²) >= 11 is 0. The standard InChI is InChI=1S/C17H25NO/c1-3-4-10-19-11-9-18-17-12-16(13-17)15-7-5-14(2)6-8-15/h3,5-8,16-18H,1,4,9-13H2,2H3. The third-order valence-electron chi connectivity index (χ3n) is 3.83. The third kappa shape index (κ3) is 4.48. The summed E-state index contributed by atoms with van der Waals surface area (Å²) in [7, 11) is 0. The van der Waals surface area contributed by atoms with E-state index in [1.807, 2.05) is 6.08 Å².